The minimum Gasteiger partial charge on any atom is -0.491 e. The van der Waals surface area contributed by atoms with Crippen LogP contribution >= 0.6 is 0 Å². The summed E-state index contributed by atoms with van der Waals surface area (Å²) in [7, 11) is 2.72. The molecule has 3 N–H and O–H groups in total. The monoisotopic (exact) mass is 747 g/mol. The van der Waals surface area contributed by atoms with Gasteiger partial charge < -0.3 is 34.8 Å². The van der Waals surface area contributed by atoms with Gasteiger partial charge in [0.1, 0.15) is 5.69 Å². The quantitative estimate of drug-likeness (QED) is 0.227. The van der Waals surface area contributed by atoms with Crippen molar-refractivity contribution in [1.82, 2.24) is 30.6 Å². The average molecular weight is 748 g/mol. The van der Waals surface area contributed by atoms with Crippen LogP contribution in [0.2, 0.25) is 0 Å². The Kier molecular flexibility index (Phi) is 11.1. The van der Waals surface area contributed by atoms with E-state index in [-0.39, 0.29) is 53.2 Å². The molecule has 2 saturated carbocycles. The minimum absolute atomic E-state index is 0.0588. The van der Waals surface area contributed by atoms with E-state index in [2.05, 4.69) is 25.9 Å². The summed E-state index contributed by atoms with van der Waals surface area (Å²) < 4.78 is 42.4. The normalized spacial score (nSPS) is 19.4. The van der Waals surface area contributed by atoms with E-state index >= 15 is 8.78 Å². The first-order valence-corrected chi connectivity index (χ1v) is 18.6. The lowest BCUT2D eigenvalue weighted by molar-refractivity contribution is -0.140. The number of ether oxygens (including phenoxy) is 2. The first-order chi connectivity index (χ1) is 26.1. The van der Waals surface area contributed by atoms with Gasteiger partial charge in [0.05, 0.1) is 31.1 Å². The maximum absolute atomic E-state index is 15.2. The van der Waals surface area contributed by atoms with E-state index in [0.29, 0.717) is 37.2 Å². The van der Waals surface area contributed by atoms with Crippen molar-refractivity contribution in [3.05, 3.63) is 59.8 Å². The van der Waals surface area contributed by atoms with Crippen LogP contribution < -0.4 is 35.3 Å². The van der Waals surface area contributed by atoms with Gasteiger partial charge >= 0.3 is 5.92 Å². The number of aromatic nitrogens is 2. The van der Waals surface area contributed by atoms with E-state index in [1.54, 1.807) is 41.3 Å². The Morgan fingerprint density at radius 3 is 2.39 bits per heavy atom. The summed E-state index contributed by atoms with van der Waals surface area (Å²) in [6, 6.07) is 11.6. The van der Waals surface area contributed by atoms with E-state index in [0.717, 1.165) is 49.7 Å². The Morgan fingerprint density at radius 2 is 1.69 bits per heavy atom. The molecule has 0 unspecified atom stereocenters. The second kappa shape index (κ2) is 16.1. The number of carbonyl (C=O) groups excluding carboxylic acids is 3. The van der Waals surface area contributed by atoms with Crippen molar-refractivity contribution in [2.24, 2.45) is 5.92 Å². The molecule has 1 saturated heterocycles. The van der Waals surface area contributed by atoms with Gasteiger partial charge in [-0.1, -0.05) is 37.5 Å². The van der Waals surface area contributed by atoms with Crippen LogP contribution in [0.3, 0.4) is 0 Å². The Balaban J connectivity index is 1.16. The van der Waals surface area contributed by atoms with Crippen molar-refractivity contribution in [3.8, 4) is 11.5 Å². The van der Waals surface area contributed by atoms with Crippen LogP contribution in [0.25, 0.3) is 0 Å². The highest BCUT2D eigenvalue weighted by molar-refractivity contribution is 6.02. The molecule has 2 aliphatic carbocycles. The molecule has 0 spiro atoms. The summed E-state index contributed by atoms with van der Waals surface area (Å²) in [6.45, 7) is 3.04. The summed E-state index contributed by atoms with van der Waals surface area (Å²) in [6.07, 6.45) is 8.14. The van der Waals surface area contributed by atoms with E-state index in [9.17, 15) is 14.4 Å². The van der Waals surface area contributed by atoms with Gasteiger partial charge in [-0.25, -0.2) is 9.99 Å². The van der Waals surface area contributed by atoms with Crippen LogP contribution in [0.5, 0.6) is 11.5 Å². The summed E-state index contributed by atoms with van der Waals surface area (Å²) in [5.74, 6) is -4.46. The van der Waals surface area contributed by atoms with Gasteiger partial charge in [0.25, 0.3) is 17.7 Å². The molecule has 16 heteroatoms. The molecule has 1 aromatic heterocycles. The van der Waals surface area contributed by atoms with Crippen molar-refractivity contribution in [2.75, 3.05) is 75.3 Å². The fourth-order valence-corrected chi connectivity index (χ4v) is 7.36. The molecule has 4 aliphatic rings. The molecule has 0 atom stereocenters. The highest BCUT2D eigenvalue weighted by atomic mass is 19.3. The number of carbonyl (C=O) groups is 3. The lowest BCUT2D eigenvalue weighted by Gasteiger charge is -2.35. The van der Waals surface area contributed by atoms with Crippen molar-refractivity contribution in [2.45, 2.75) is 56.9 Å². The van der Waals surface area contributed by atoms with Crippen LogP contribution in [0.4, 0.5) is 31.9 Å². The molecule has 0 radical (unpaired) electrons. The highest BCUT2D eigenvalue weighted by Crippen LogP contribution is 2.42. The number of nitrogens with zero attached hydrogens (tertiary/aromatic N) is 6. The molecule has 3 aromatic rings. The Labute approximate surface area is 313 Å². The van der Waals surface area contributed by atoms with Crippen molar-refractivity contribution < 1.29 is 32.6 Å². The van der Waals surface area contributed by atoms with E-state index in [1.165, 1.54) is 33.2 Å². The maximum atomic E-state index is 15.2. The Morgan fingerprint density at radius 1 is 0.944 bits per heavy atom. The van der Waals surface area contributed by atoms with E-state index in [1.807, 2.05) is 11.1 Å². The van der Waals surface area contributed by atoms with Crippen molar-refractivity contribution >= 4 is 40.9 Å². The van der Waals surface area contributed by atoms with Gasteiger partial charge in [-0.3, -0.25) is 19.8 Å². The summed E-state index contributed by atoms with van der Waals surface area (Å²) in [5, 5.41) is 7.73. The Hall–Kier alpha value is -5.09. The zero-order chi connectivity index (χ0) is 37.8. The molecule has 7 rings (SSSR count). The maximum Gasteiger partial charge on any atom is 0.342 e. The number of alkyl halides is 2. The standard InChI is InChI=1S/C38H47F2N9O5/c1-46-30-21-41-37(44-33(30)49(23-38(39,40)36(46)52)27-11-7-4-8-12-27)43-29-16-15-28(35(51)45-48-19-17-47(18-20-48)22-25-13-14-25)31(32(29)53-2)54-24-42-34(50)26-9-5-3-6-10-26/h3,5-6,9-10,15-16,21,25,27H,4,7-8,11-14,17-20,22-24H2,1-2H3,(H,42,50)(H,45,51)(H,41,43,44). The molecule has 3 heterocycles. The van der Waals surface area contributed by atoms with E-state index < -0.39 is 24.3 Å². The van der Waals surface area contributed by atoms with Crippen LogP contribution in [-0.2, 0) is 4.79 Å². The third kappa shape index (κ3) is 8.34. The second-order valence-corrected chi connectivity index (χ2v) is 14.4. The van der Waals surface area contributed by atoms with Gasteiger partial charge in [0, 0.05) is 51.4 Å². The number of rotatable bonds is 12. The smallest absolute Gasteiger partial charge is 0.342 e. The number of benzene rings is 2. The van der Waals surface area contributed by atoms with Crippen LogP contribution in [-0.4, -0.2) is 110 Å². The molecular weight excluding hydrogens is 700 g/mol. The lowest BCUT2D eigenvalue weighted by Crippen LogP contribution is -2.53. The third-order valence-corrected chi connectivity index (χ3v) is 10.5. The molecule has 0 bridgehead atoms. The lowest BCUT2D eigenvalue weighted by atomic mass is 9.94. The van der Waals surface area contributed by atoms with Crippen molar-refractivity contribution in [1.29, 1.82) is 0 Å². The summed E-state index contributed by atoms with van der Waals surface area (Å²) >= 11 is 0. The van der Waals surface area contributed by atoms with Crippen LogP contribution in [0, 0.1) is 5.92 Å². The minimum atomic E-state index is -3.62. The summed E-state index contributed by atoms with van der Waals surface area (Å²) in [4.78, 5) is 53.4. The zero-order valence-corrected chi connectivity index (χ0v) is 30.7. The number of amides is 3. The number of nitrogens with one attached hydrogen (secondary N) is 3. The largest absolute Gasteiger partial charge is 0.491 e. The van der Waals surface area contributed by atoms with Gasteiger partial charge in [0.2, 0.25) is 5.95 Å². The number of methoxy groups -OCH3 is 1. The predicted molar refractivity (Wildman–Crippen MR) is 198 cm³/mol. The highest BCUT2D eigenvalue weighted by Gasteiger charge is 2.48. The number of fused-ring (bicyclic) bond motifs is 1. The average Bonchev–Trinajstić information content (AvgIpc) is 4.02. The first kappa shape index (κ1) is 37.2. The van der Waals surface area contributed by atoms with Gasteiger partial charge in [-0.15, -0.1) is 0 Å². The van der Waals surface area contributed by atoms with E-state index in [4.69, 9.17) is 14.5 Å². The fourth-order valence-electron chi connectivity index (χ4n) is 7.36. The molecule has 54 heavy (non-hydrogen) atoms. The fraction of sp³-hybridized carbons (Fsp3) is 0.500. The first-order valence-electron chi connectivity index (χ1n) is 18.6. The molecule has 3 fully saturated rings. The number of hydrogen-bond donors (Lipinski definition) is 3. The van der Waals surface area contributed by atoms with Gasteiger partial charge in [0.15, 0.2) is 24.0 Å². The number of hydrogen-bond acceptors (Lipinski definition) is 11. The zero-order valence-electron chi connectivity index (χ0n) is 30.7. The summed E-state index contributed by atoms with van der Waals surface area (Å²) in [5.41, 5.74) is 4.11. The molecular formula is C38H47F2N9O5. The Bertz CT molecular complexity index is 1830. The van der Waals surface area contributed by atoms with Crippen LogP contribution in [0.15, 0.2) is 48.7 Å². The molecule has 3 amide bonds. The van der Waals surface area contributed by atoms with Gasteiger partial charge in [-0.05, 0) is 55.9 Å². The third-order valence-electron chi connectivity index (χ3n) is 10.5. The topological polar surface area (TPSA) is 144 Å². The van der Waals surface area contributed by atoms with Gasteiger partial charge in [-0.2, -0.15) is 13.8 Å². The number of halogens is 2. The number of anilines is 4. The predicted octanol–water partition coefficient (Wildman–Crippen LogP) is 4.42. The molecule has 288 valence electrons. The molecule has 14 nitrogen and oxygen atoms in total. The number of piperazine rings is 1. The number of hydrazine groups is 1. The molecule has 2 aliphatic heterocycles. The van der Waals surface area contributed by atoms with Crippen LogP contribution in [0.1, 0.15) is 65.7 Å². The molecule has 2 aromatic carbocycles. The SMILES string of the molecule is COc1c(Nc2ncc3c(n2)N(C2CCCCC2)CC(F)(F)C(=O)N3C)ccc(C(=O)NN2CCN(CC3CC3)CC2)c1OCNC(=O)c1ccccc1. The van der Waals surface area contributed by atoms with Crippen molar-refractivity contribution in [3.63, 3.8) is 0 Å². The second-order valence-electron chi connectivity index (χ2n) is 14.4.